The van der Waals surface area contributed by atoms with Crippen molar-refractivity contribution < 1.29 is 24.7 Å². The summed E-state index contributed by atoms with van der Waals surface area (Å²) in [5.41, 5.74) is -0.0893. The number of phenols is 1. The van der Waals surface area contributed by atoms with Gasteiger partial charge in [0, 0.05) is 5.56 Å². The van der Waals surface area contributed by atoms with Gasteiger partial charge in [0.05, 0.1) is 4.92 Å². The standard InChI is InChI=1S/C16H23NO6/c1-2-3-4-5-6-7-8-9-12-10-11-13(23-16(19)20)15(18)14(12)17(21)22/h10-11,18H,2-9H2,1H3,(H,19,20). The van der Waals surface area contributed by atoms with Crippen molar-refractivity contribution in [2.75, 3.05) is 0 Å². The molecular formula is C16H23NO6. The molecular weight excluding hydrogens is 302 g/mol. The molecule has 1 rings (SSSR count). The molecule has 1 aromatic carbocycles. The second-order valence-electron chi connectivity index (χ2n) is 5.42. The Morgan fingerprint density at radius 2 is 1.78 bits per heavy atom. The smallest absolute Gasteiger partial charge is 0.499 e. The molecule has 0 amide bonds. The summed E-state index contributed by atoms with van der Waals surface area (Å²) < 4.78 is 4.33. The van der Waals surface area contributed by atoms with E-state index >= 15 is 0 Å². The van der Waals surface area contributed by atoms with Crippen LogP contribution in [-0.2, 0) is 6.42 Å². The monoisotopic (exact) mass is 325 g/mol. The molecule has 0 aliphatic rings. The van der Waals surface area contributed by atoms with Gasteiger partial charge >= 0.3 is 11.8 Å². The first-order chi connectivity index (χ1) is 11.0. The number of rotatable bonds is 10. The molecule has 1 aromatic rings. The largest absolute Gasteiger partial charge is 0.511 e. The van der Waals surface area contributed by atoms with Gasteiger partial charge in [-0.15, -0.1) is 0 Å². The minimum Gasteiger partial charge on any atom is -0.499 e. The summed E-state index contributed by atoms with van der Waals surface area (Å²) in [6, 6.07) is 2.68. The molecule has 0 saturated heterocycles. The molecule has 23 heavy (non-hydrogen) atoms. The molecule has 0 bridgehead atoms. The third-order valence-electron chi connectivity index (χ3n) is 3.63. The van der Waals surface area contributed by atoms with Gasteiger partial charge < -0.3 is 14.9 Å². The van der Waals surface area contributed by atoms with Crippen LogP contribution in [0.5, 0.6) is 11.5 Å². The van der Waals surface area contributed by atoms with E-state index in [2.05, 4.69) is 11.7 Å². The lowest BCUT2D eigenvalue weighted by Gasteiger charge is -2.08. The zero-order chi connectivity index (χ0) is 17.2. The van der Waals surface area contributed by atoms with Crippen LogP contribution in [0.15, 0.2) is 12.1 Å². The zero-order valence-corrected chi connectivity index (χ0v) is 13.3. The van der Waals surface area contributed by atoms with Crippen molar-refractivity contribution in [2.24, 2.45) is 0 Å². The molecule has 0 spiro atoms. The lowest BCUT2D eigenvalue weighted by molar-refractivity contribution is -0.386. The summed E-state index contributed by atoms with van der Waals surface area (Å²) in [6.45, 7) is 2.16. The van der Waals surface area contributed by atoms with E-state index in [1.165, 1.54) is 31.4 Å². The Labute approximate surface area is 135 Å². The molecule has 0 radical (unpaired) electrons. The van der Waals surface area contributed by atoms with Crippen LogP contribution in [0.3, 0.4) is 0 Å². The Hall–Kier alpha value is -2.31. The lowest BCUT2D eigenvalue weighted by Crippen LogP contribution is -2.05. The minimum absolute atomic E-state index is 0.388. The van der Waals surface area contributed by atoms with E-state index in [0.29, 0.717) is 12.0 Å². The molecule has 7 heteroatoms. The number of unbranched alkanes of at least 4 members (excludes halogenated alkanes) is 6. The molecule has 7 nitrogen and oxygen atoms in total. The molecule has 0 aromatic heterocycles. The highest BCUT2D eigenvalue weighted by Gasteiger charge is 2.24. The van der Waals surface area contributed by atoms with Crippen LogP contribution in [-0.4, -0.2) is 21.3 Å². The summed E-state index contributed by atoms with van der Waals surface area (Å²) in [6.07, 6.45) is 6.45. The SMILES string of the molecule is CCCCCCCCCc1ccc(OC(=O)O)c(O)c1[N+](=O)[O-]. The Bertz CT molecular complexity index is 544. The molecule has 128 valence electrons. The van der Waals surface area contributed by atoms with Crippen LogP contribution in [0, 0.1) is 10.1 Å². The highest BCUT2D eigenvalue weighted by molar-refractivity contribution is 5.67. The quantitative estimate of drug-likeness (QED) is 0.213. The van der Waals surface area contributed by atoms with Crippen molar-refractivity contribution >= 4 is 11.8 Å². The zero-order valence-electron chi connectivity index (χ0n) is 13.3. The summed E-state index contributed by atoms with van der Waals surface area (Å²) in [5, 5.41) is 29.5. The summed E-state index contributed by atoms with van der Waals surface area (Å²) in [4.78, 5) is 20.9. The Balaban J connectivity index is 2.66. The molecule has 0 heterocycles. The van der Waals surface area contributed by atoms with Crippen molar-refractivity contribution in [2.45, 2.75) is 58.3 Å². The lowest BCUT2D eigenvalue weighted by atomic mass is 10.0. The van der Waals surface area contributed by atoms with E-state index < -0.39 is 28.3 Å². The maximum absolute atomic E-state index is 11.1. The van der Waals surface area contributed by atoms with Gasteiger partial charge in [0.15, 0.2) is 5.75 Å². The fraction of sp³-hybridized carbons (Fsp3) is 0.562. The molecule has 0 fully saturated rings. The highest BCUT2D eigenvalue weighted by Crippen LogP contribution is 2.39. The first kappa shape index (κ1) is 18.7. The van der Waals surface area contributed by atoms with Gasteiger partial charge in [-0.2, -0.15) is 0 Å². The minimum atomic E-state index is -1.63. The molecule has 2 N–H and O–H groups in total. The van der Waals surface area contributed by atoms with Crippen molar-refractivity contribution in [1.29, 1.82) is 0 Å². The van der Waals surface area contributed by atoms with Crippen molar-refractivity contribution in [3.8, 4) is 11.5 Å². The summed E-state index contributed by atoms with van der Waals surface area (Å²) >= 11 is 0. The maximum Gasteiger partial charge on any atom is 0.511 e. The second kappa shape index (κ2) is 9.66. The molecule has 0 aliphatic heterocycles. The average molecular weight is 325 g/mol. The number of ether oxygens (including phenoxy) is 1. The van der Waals surface area contributed by atoms with Gasteiger partial charge in [-0.05, 0) is 25.0 Å². The van der Waals surface area contributed by atoms with E-state index in [0.717, 1.165) is 25.7 Å². The molecule has 0 atom stereocenters. The van der Waals surface area contributed by atoms with Crippen molar-refractivity contribution in [1.82, 2.24) is 0 Å². The van der Waals surface area contributed by atoms with E-state index in [1.54, 1.807) is 0 Å². The van der Waals surface area contributed by atoms with Crippen LogP contribution in [0.4, 0.5) is 10.5 Å². The van der Waals surface area contributed by atoms with Crippen molar-refractivity contribution in [3.63, 3.8) is 0 Å². The number of benzene rings is 1. The number of aryl methyl sites for hydroxylation is 1. The predicted molar refractivity (Wildman–Crippen MR) is 85.1 cm³/mol. The fourth-order valence-corrected chi connectivity index (χ4v) is 2.46. The third-order valence-corrected chi connectivity index (χ3v) is 3.63. The molecule has 0 aliphatic carbocycles. The number of nitro groups is 1. The van der Waals surface area contributed by atoms with Gasteiger partial charge in [0.1, 0.15) is 0 Å². The summed E-state index contributed by atoms with van der Waals surface area (Å²) in [7, 11) is 0. The van der Waals surface area contributed by atoms with Gasteiger partial charge in [-0.25, -0.2) is 4.79 Å². The highest BCUT2D eigenvalue weighted by atomic mass is 16.7. The molecule has 0 unspecified atom stereocenters. The van der Waals surface area contributed by atoms with Gasteiger partial charge in [-0.1, -0.05) is 45.4 Å². The first-order valence-corrected chi connectivity index (χ1v) is 7.87. The normalized spacial score (nSPS) is 10.5. The third kappa shape index (κ3) is 6.14. The fourth-order valence-electron chi connectivity index (χ4n) is 2.46. The van der Waals surface area contributed by atoms with Crippen molar-refractivity contribution in [3.05, 3.63) is 27.8 Å². The van der Waals surface area contributed by atoms with Gasteiger partial charge in [0.25, 0.3) is 0 Å². The Morgan fingerprint density at radius 3 is 2.35 bits per heavy atom. The predicted octanol–water partition coefficient (Wildman–Crippen LogP) is 4.65. The summed E-state index contributed by atoms with van der Waals surface area (Å²) in [5.74, 6) is -1.16. The Kier molecular flexibility index (Phi) is 7.87. The average Bonchev–Trinajstić information content (AvgIpc) is 2.48. The van der Waals surface area contributed by atoms with Crippen LogP contribution in [0.1, 0.15) is 57.4 Å². The van der Waals surface area contributed by atoms with Crippen LogP contribution in [0.25, 0.3) is 0 Å². The number of nitro benzene ring substituents is 1. The number of nitrogens with zero attached hydrogens (tertiary/aromatic N) is 1. The number of phenolic OH excluding ortho intramolecular Hbond substituents is 1. The number of hydrogen-bond acceptors (Lipinski definition) is 5. The van der Waals surface area contributed by atoms with Crippen LogP contribution in [0.2, 0.25) is 0 Å². The molecule has 0 saturated carbocycles. The second-order valence-corrected chi connectivity index (χ2v) is 5.42. The topological polar surface area (TPSA) is 110 Å². The number of aromatic hydroxyl groups is 1. The van der Waals surface area contributed by atoms with Crippen LogP contribution >= 0.6 is 0 Å². The van der Waals surface area contributed by atoms with E-state index in [-0.39, 0.29) is 0 Å². The van der Waals surface area contributed by atoms with Gasteiger partial charge in [0.2, 0.25) is 5.75 Å². The Morgan fingerprint density at radius 1 is 1.17 bits per heavy atom. The van der Waals surface area contributed by atoms with E-state index in [9.17, 15) is 20.0 Å². The number of carboxylic acid groups (broad SMARTS) is 1. The number of carbonyl (C=O) groups is 1. The van der Waals surface area contributed by atoms with E-state index in [4.69, 9.17) is 5.11 Å². The number of hydrogen-bond donors (Lipinski definition) is 2. The van der Waals surface area contributed by atoms with Gasteiger partial charge in [-0.3, -0.25) is 10.1 Å². The van der Waals surface area contributed by atoms with Crippen LogP contribution < -0.4 is 4.74 Å². The van der Waals surface area contributed by atoms with E-state index in [1.807, 2.05) is 0 Å². The first-order valence-electron chi connectivity index (χ1n) is 7.87. The maximum atomic E-state index is 11.1.